The van der Waals surface area contributed by atoms with Crippen molar-refractivity contribution in [2.75, 3.05) is 10.6 Å². The van der Waals surface area contributed by atoms with E-state index in [4.69, 9.17) is 11.6 Å². The molecule has 0 atom stereocenters. The van der Waals surface area contributed by atoms with E-state index in [1.165, 1.54) is 11.3 Å². The maximum absolute atomic E-state index is 12.2. The van der Waals surface area contributed by atoms with E-state index < -0.39 is 0 Å². The molecule has 19 heavy (non-hydrogen) atoms. The van der Waals surface area contributed by atoms with Gasteiger partial charge in [-0.1, -0.05) is 17.7 Å². The second kappa shape index (κ2) is 5.19. The number of benzene rings is 1. The van der Waals surface area contributed by atoms with Gasteiger partial charge in [-0.3, -0.25) is 4.79 Å². The van der Waals surface area contributed by atoms with Gasteiger partial charge in [0.2, 0.25) is 0 Å². The van der Waals surface area contributed by atoms with Crippen LogP contribution in [-0.4, -0.2) is 16.9 Å². The van der Waals surface area contributed by atoms with Crippen LogP contribution in [0, 0.1) is 0 Å². The van der Waals surface area contributed by atoms with E-state index in [0.29, 0.717) is 22.4 Å². The summed E-state index contributed by atoms with van der Waals surface area (Å²) in [5.74, 6) is -0.216. The van der Waals surface area contributed by atoms with Crippen molar-refractivity contribution < 1.29 is 4.79 Å². The molecule has 1 aliphatic rings. The molecular weight excluding hydrogens is 282 g/mol. The summed E-state index contributed by atoms with van der Waals surface area (Å²) in [6.07, 6.45) is 2.32. The largest absolute Gasteiger partial charge is 0.372 e. The number of aromatic nitrogens is 1. The van der Waals surface area contributed by atoms with Crippen LogP contribution in [0.3, 0.4) is 0 Å². The van der Waals surface area contributed by atoms with Crippen LogP contribution in [0.25, 0.3) is 0 Å². The van der Waals surface area contributed by atoms with E-state index in [-0.39, 0.29) is 5.91 Å². The predicted molar refractivity (Wildman–Crippen MR) is 78.2 cm³/mol. The van der Waals surface area contributed by atoms with Gasteiger partial charge in [0, 0.05) is 16.8 Å². The summed E-state index contributed by atoms with van der Waals surface area (Å²) in [5, 5.41) is 7.54. The first kappa shape index (κ1) is 12.4. The molecule has 1 fully saturated rings. The summed E-state index contributed by atoms with van der Waals surface area (Å²) in [6, 6.07) is 7.56. The number of thiazole rings is 1. The average Bonchev–Trinajstić information content (AvgIpc) is 3.05. The van der Waals surface area contributed by atoms with Gasteiger partial charge in [-0.2, -0.15) is 0 Å². The van der Waals surface area contributed by atoms with Gasteiger partial charge < -0.3 is 10.6 Å². The fraction of sp³-hybridized carbons (Fsp3) is 0.231. The molecule has 1 heterocycles. The van der Waals surface area contributed by atoms with Crippen molar-refractivity contribution in [1.29, 1.82) is 0 Å². The monoisotopic (exact) mass is 293 g/mol. The third kappa shape index (κ3) is 3.05. The third-order valence-corrected chi connectivity index (χ3v) is 3.77. The number of nitrogens with zero attached hydrogens (tertiary/aromatic N) is 1. The molecule has 2 aromatic rings. The summed E-state index contributed by atoms with van der Waals surface area (Å²) in [4.78, 5) is 16.3. The minimum Gasteiger partial charge on any atom is -0.372 e. The SMILES string of the molecule is O=C(Nc1cccc(Cl)c1)c1ncsc1NC1CC1. The second-order valence-corrected chi connectivity index (χ2v) is 5.70. The first-order chi connectivity index (χ1) is 9.22. The quantitative estimate of drug-likeness (QED) is 0.905. The molecule has 0 unspecified atom stereocenters. The minimum absolute atomic E-state index is 0.216. The van der Waals surface area contributed by atoms with Crippen molar-refractivity contribution >= 4 is 39.5 Å². The van der Waals surface area contributed by atoms with Gasteiger partial charge in [-0.05, 0) is 31.0 Å². The fourth-order valence-electron chi connectivity index (χ4n) is 1.68. The Kier molecular flexibility index (Phi) is 3.40. The highest BCUT2D eigenvalue weighted by Gasteiger charge is 2.24. The van der Waals surface area contributed by atoms with Crippen molar-refractivity contribution in [3.63, 3.8) is 0 Å². The van der Waals surface area contributed by atoms with Crippen LogP contribution in [0.2, 0.25) is 5.02 Å². The number of hydrogen-bond donors (Lipinski definition) is 2. The molecular formula is C13H12ClN3OS. The zero-order valence-electron chi connectivity index (χ0n) is 10.0. The number of halogens is 1. The Hall–Kier alpha value is -1.59. The smallest absolute Gasteiger partial charge is 0.277 e. The number of rotatable bonds is 4. The lowest BCUT2D eigenvalue weighted by atomic mass is 10.3. The van der Waals surface area contributed by atoms with Crippen molar-refractivity contribution in [2.45, 2.75) is 18.9 Å². The zero-order chi connectivity index (χ0) is 13.2. The third-order valence-electron chi connectivity index (χ3n) is 2.78. The van der Waals surface area contributed by atoms with E-state index in [2.05, 4.69) is 15.6 Å². The standard InChI is InChI=1S/C13H12ClN3OS/c14-8-2-1-3-10(6-8)16-12(18)11-13(19-7-15-11)17-9-4-5-9/h1-3,6-7,9,17H,4-5H2,(H,16,18). The molecule has 1 aliphatic carbocycles. The Labute approximate surface area is 119 Å². The number of carbonyl (C=O) groups is 1. The molecule has 1 aromatic carbocycles. The van der Waals surface area contributed by atoms with E-state index in [1.807, 2.05) is 0 Å². The van der Waals surface area contributed by atoms with Gasteiger partial charge >= 0.3 is 0 Å². The Morgan fingerprint density at radius 2 is 2.26 bits per heavy atom. The normalized spacial score (nSPS) is 14.2. The first-order valence-corrected chi connectivity index (χ1v) is 7.25. The molecule has 1 aromatic heterocycles. The van der Waals surface area contributed by atoms with Crippen LogP contribution >= 0.6 is 22.9 Å². The summed E-state index contributed by atoms with van der Waals surface area (Å²) in [5.41, 5.74) is 2.79. The minimum atomic E-state index is -0.216. The van der Waals surface area contributed by atoms with E-state index in [9.17, 15) is 4.79 Å². The lowest BCUT2D eigenvalue weighted by Crippen LogP contribution is -2.15. The van der Waals surface area contributed by atoms with Crippen LogP contribution in [0.4, 0.5) is 10.7 Å². The maximum Gasteiger partial charge on any atom is 0.277 e. The Morgan fingerprint density at radius 3 is 3.00 bits per heavy atom. The topological polar surface area (TPSA) is 54.0 Å². The molecule has 0 aliphatic heterocycles. The summed E-state index contributed by atoms with van der Waals surface area (Å²) >= 11 is 7.34. The number of carbonyl (C=O) groups excluding carboxylic acids is 1. The van der Waals surface area contributed by atoms with Gasteiger partial charge in [0.05, 0.1) is 5.51 Å². The maximum atomic E-state index is 12.2. The van der Waals surface area contributed by atoms with Crippen molar-refractivity contribution in [1.82, 2.24) is 4.98 Å². The van der Waals surface area contributed by atoms with Gasteiger partial charge in [0.1, 0.15) is 5.00 Å². The molecule has 6 heteroatoms. The van der Waals surface area contributed by atoms with Gasteiger partial charge in [-0.25, -0.2) is 4.98 Å². The van der Waals surface area contributed by atoms with E-state index in [1.54, 1.807) is 29.8 Å². The lowest BCUT2D eigenvalue weighted by molar-refractivity contribution is 0.102. The van der Waals surface area contributed by atoms with Crippen molar-refractivity contribution in [3.8, 4) is 0 Å². The highest BCUT2D eigenvalue weighted by atomic mass is 35.5. The Morgan fingerprint density at radius 1 is 1.42 bits per heavy atom. The van der Waals surface area contributed by atoms with Gasteiger partial charge in [-0.15, -0.1) is 11.3 Å². The zero-order valence-corrected chi connectivity index (χ0v) is 11.6. The number of amides is 1. The molecule has 2 N–H and O–H groups in total. The van der Waals surface area contributed by atoms with Crippen LogP contribution in [0.15, 0.2) is 29.8 Å². The molecule has 1 amide bonds. The molecule has 0 radical (unpaired) electrons. The average molecular weight is 294 g/mol. The Balaban J connectivity index is 1.74. The van der Waals surface area contributed by atoms with Crippen LogP contribution in [0.5, 0.6) is 0 Å². The highest BCUT2D eigenvalue weighted by molar-refractivity contribution is 7.14. The predicted octanol–water partition coefficient (Wildman–Crippen LogP) is 3.62. The van der Waals surface area contributed by atoms with Crippen LogP contribution in [-0.2, 0) is 0 Å². The van der Waals surface area contributed by atoms with Crippen molar-refractivity contribution in [2.24, 2.45) is 0 Å². The van der Waals surface area contributed by atoms with Crippen LogP contribution in [0.1, 0.15) is 23.3 Å². The molecule has 0 spiro atoms. The van der Waals surface area contributed by atoms with Gasteiger partial charge in [0.15, 0.2) is 5.69 Å². The van der Waals surface area contributed by atoms with Gasteiger partial charge in [0.25, 0.3) is 5.91 Å². The molecule has 4 nitrogen and oxygen atoms in total. The second-order valence-electron chi connectivity index (χ2n) is 4.41. The van der Waals surface area contributed by atoms with Crippen LogP contribution < -0.4 is 10.6 Å². The highest BCUT2D eigenvalue weighted by Crippen LogP contribution is 2.29. The molecule has 98 valence electrons. The molecule has 3 rings (SSSR count). The number of anilines is 2. The lowest BCUT2D eigenvalue weighted by Gasteiger charge is -2.06. The summed E-state index contributed by atoms with van der Waals surface area (Å²) in [6.45, 7) is 0. The Bertz CT molecular complexity index is 609. The number of hydrogen-bond acceptors (Lipinski definition) is 4. The summed E-state index contributed by atoms with van der Waals surface area (Å²) in [7, 11) is 0. The first-order valence-electron chi connectivity index (χ1n) is 5.99. The molecule has 0 saturated heterocycles. The molecule has 0 bridgehead atoms. The fourth-order valence-corrected chi connectivity index (χ4v) is 2.63. The van der Waals surface area contributed by atoms with Crippen molar-refractivity contribution in [3.05, 3.63) is 40.5 Å². The number of nitrogens with one attached hydrogen (secondary N) is 2. The summed E-state index contributed by atoms with van der Waals surface area (Å²) < 4.78 is 0. The molecule has 1 saturated carbocycles. The van der Waals surface area contributed by atoms with E-state index in [0.717, 1.165) is 17.8 Å². The van der Waals surface area contributed by atoms with E-state index >= 15 is 0 Å².